The predicted octanol–water partition coefficient (Wildman–Crippen LogP) is 3.09. The van der Waals surface area contributed by atoms with Crippen LogP contribution in [0.1, 0.15) is 19.4 Å². The van der Waals surface area contributed by atoms with Gasteiger partial charge in [0.25, 0.3) is 0 Å². The van der Waals surface area contributed by atoms with Gasteiger partial charge in [0.1, 0.15) is 0 Å². The highest BCUT2D eigenvalue weighted by molar-refractivity contribution is 7.99. The lowest BCUT2D eigenvalue weighted by Gasteiger charge is -2.08. The van der Waals surface area contributed by atoms with Gasteiger partial charge in [-0.15, -0.1) is 11.8 Å². The third-order valence-electron chi connectivity index (χ3n) is 1.96. The van der Waals surface area contributed by atoms with Gasteiger partial charge in [0.2, 0.25) is 0 Å². The second kappa shape index (κ2) is 6.03. The Bertz CT molecular complexity index is 312. The Hall–Kier alpha value is -0.670. The summed E-state index contributed by atoms with van der Waals surface area (Å²) >= 11 is 1.75. The topological polar surface area (TPSA) is 35.2 Å². The highest BCUT2D eigenvalue weighted by Gasteiger charge is 2.00. The van der Waals surface area contributed by atoms with Crippen molar-refractivity contribution in [2.75, 3.05) is 18.1 Å². The Morgan fingerprint density at radius 3 is 2.80 bits per heavy atom. The van der Waals surface area contributed by atoms with Gasteiger partial charge in [0, 0.05) is 16.3 Å². The van der Waals surface area contributed by atoms with Crippen molar-refractivity contribution >= 4 is 17.4 Å². The molecule has 1 aromatic rings. The van der Waals surface area contributed by atoms with Gasteiger partial charge in [-0.2, -0.15) is 0 Å². The molecule has 0 radical (unpaired) electrons. The Morgan fingerprint density at radius 1 is 1.40 bits per heavy atom. The highest BCUT2D eigenvalue weighted by Crippen LogP contribution is 2.25. The monoisotopic (exact) mass is 225 g/mol. The zero-order valence-electron chi connectivity index (χ0n) is 9.62. The summed E-state index contributed by atoms with van der Waals surface area (Å²) in [6.45, 7) is 6.95. The van der Waals surface area contributed by atoms with Gasteiger partial charge in [-0.1, -0.05) is 6.07 Å². The molecule has 0 aliphatic carbocycles. The molecule has 1 rings (SSSR count). The van der Waals surface area contributed by atoms with Crippen LogP contribution in [0.15, 0.2) is 23.1 Å². The molecule has 0 amide bonds. The van der Waals surface area contributed by atoms with Crippen molar-refractivity contribution in [3.63, 3.8) is 0 Å². The number of thioether (sulfide) groups is 1. The second-order valence-electron chi connectivity index (χ2n) is 3.81. The summed E-state index contributed by atoms with van der Waals surface area (Å²) in [6, 6.07) is 6.11. The molecule has 15 heavy (non-hydrogen) atoms. The average Bonchev–Trinajstić information content (AvgIpc) is 2.17. The van der Waals surface area contributed by atoms with E-state index in [-0.39, 0.29) is 0 Å². The van der Waals surface area contributed by atoms with Gasteiger partial charge >= 0.3 is 0 Å². The summed E-state index contributed by atoms with van der Waals surface area (Å²) in [5.41, 5.74) is 7.97. The molecule has 2 nitrogen and oxygen atoms in total. The zero-order chi connectivity index (χ0) is 11.3. The molecule has 0 saturated carbocycles. The average molecular weight is 225 g/mol. The highest BCUT2D eigenvalue weighted by atomic mass is 32.2. The van der Waals surface area contributed by atoms with Crippen LogP contribution >= 0.6 is 11.8 Å². The van der Waals surface area contributed by atoms with Crippen LogP contribution in [0.3, 0.4) is 0 Å². The molecular formula is C12H19NOS. The van der Waals surface area contributed by atoms with Crippen LogP contribution in [0, 0.1) is 6.92 Å². The third-order valence-corrected chi connectivity index (χ3v) is 3.00. The Morgan fingerprint density at radius 2 is 2.13 bits per heavy atom. The van der Waals surface area contributed by atoms with Crippen molar-refractivity contribution in [3.8, 4) is 0 Å². The van der Waals surface area contributed by atoms with Crippen molar-refractivity contribution in [2.45, 2.75) is 31.8 Å². The van der Waals surface area contributed by atoms with E-state index in [1.54, 1.807) is 11.8 Å². The van der Waals surface area contributed by atoms with Gasteiger partial charge in [0.05, 0.1) is 12.7 Å². The molecule has 0 aromatic heterocycles. The number of nitrogen functional groups attached to an aromatic ring is 1. The number of anilines is 1. The Labute approximate surface area is 96.2 Å². The number of rotatable bonds is 5. The number of benzene rings is 1. The first kappa shape index (κ1) is 12.4. The number of hydrogen-bond acceptors (Lipinski definition) is 3. The number of aryl methyl sites for hydroxylation is 1. The molecule has 0 spiro atoms. The predicted molar refractivity (Wildman–Crippen MR) is 67.4 cm³/mol. The normalized spacial score (nSPS) is 10.9. The van der Waals surface area contributed by atoms with Crippen LogP contribution in [0.25, 0.3) is 0 Å². The zero-order valence-corrected chi connectivity index (χ0v) is 10.4. The van der Waals surface area contributed by atoms with Gasteiger partial charge in [-0.25, -0.2) is 0 Å². The smallest absolute Gasteiger partial charge is 0.0563 e. The molecule has 1 aromatic carbocycles. The largest absolute Gasteiger partial charge is 0.398 e. The molecule has 2 N–H and O–H groups in total. The number of hydrogen-bond donors (Lipinski definition) is 1. The van der Waals surface area contributed by atoms with Crippen LogP contribution in [-0.4, -0.2) is 18.5 Å². The maximum absolute atomic E-state index is 5.87. The first-order valence-electron chi connectivity index (χ1n) is 5.20. The van der Waals surface area contributed by atoms with Gasteiger partial charge in [-0.05, 0) is 38.5 Å². The quantitative estimate of drug-likeness (QED) is 0.475. The summed E-state index contributed by atoms with van der Waals surface area (Å²) in [5, 5.41) is 0. The minimum atomic E-state index is 0.306. The fourth-order valence-corrected chi connectivity index (χ4v) is 2.11. The van der Waals surface area contributed by atoms with Crippen LogP contribution in [0.4, 0.5) is 5.69 Å². The number of ether oxygens (including phenoxy) is 1. The standard InChI is InChI=1S/C12H19NOS/c1-9(2)14-6-7-15-12-8-10(3)4-5-11(12)13/h4-5,8-9H,6-7,13H2,1-3H3. The van der Waals surface area contributed by atoms with Gasteiger partial charge < -0.3 is 10.5 Å². The van der Waals surface area contributed by atoms with Crippen LogP contribution in [0.5, 0.6) is 0 Å². The van der Waals surface area contributed by atoms with Crippen molar-refractivity contribution in [2.24, 2.45) is 0 Å². The molecule has 0 bridgehead atoms. The molecule has 0 heterocycles. The fraction of sp³-hybridized carbons (Fsp3) is 0.500. The minimum Gasteiger partial charge on any atom is -0.398 e. The van der Waals surface area contributed by atoms with Crippen LogP contribution < -0.4 is 5.73 Å². The first-order valence-corrected chi connectivity index (χ1v) is 6.18. The Balaban J connectivity index is 2.40. The van der Waals surface area contributed by atoms with E-state index in [1.807, 2.05) is 26.0 Å². The molecule has 0 atom stereocenters. The molecule has 0 fully saturated rings. The minimum absolute atomic E-state index is 0.306. The van der Waals surface area contributed by atoms with E-state index in [2.05, 4.69) is 13.0 Å². The Kier molecular flexibility index (Phi) is 4.99. The van der Waals surface area contributed by atoms with Crippen molar-refractivity contribution in [3.05, 3.63) is 23.8 Å². The lowest BCUT2D eigenvalue weighted by Crippen LogP contribution is -2.05. The summed E-state index contributed by atoms with van der Waals surface area (Å²) in [6.07, 6.45) is 0.306. The maximum Gasteiger partial charge on any atom is 0.0563 e. The van der Waals surface area contributed by atoms with Crippen LogP contribution in [-0.2, 0) is 4.74 Å². The summed E-state index contributed by atoms with van der Waals surface area (Å²) in [4.78, 5) is 1.15. The second-order valence-corrected chi connectivity index (χ2v) is 4.95. The first-order chi connectivity index (χ1) is 7.09. The van der Waals surface area contributed by atoms with E-state index in [1.165, 1.54) is 5.56 Å². The fourth-order valence-electron chi connectivity index (χ4n) is 1.20. The summed E-state index contributed by atoms with van der Waals surface area (Å²) in [5.74, 6) is 0.950. The van der Waals surface area contributed by atoms with E-state index in [9.17, 15) is 0 Å². The van der Waals surface area contributed by atoms with Crippen molar-refractivity contribution < 1.29 is 4.74 Å². The van der Waals surface area contributed by atoms with E-state index in [0.717, 1.165) is 22.9 Å². The molecule has 3 heteroatoms. The lowest BCUT2D eigenvalue weighted by molar-refractivity contribution is 0.0920. The van der Waals surface area contributed by atoms with E-state index >= 15 is 0 Å². The SMILES string of the molecule is Cc1ccc(N)c(SCCOC(C)C)c1. The summed E-state index contributed by atoms with van der Waals surface area (Å²) in [7, 11) is 0. The molecule has 84 valence electrons. The summed E-state index contributed by atoms with van der Waals surface area (Å²) < 4.78 is 5.47. The van der Waals surface area contributed by atoms with E-state index in [4.69, 9.17) is 10.5 Å². The van der Waals surface area contributed by atoms with E-state index < -0.39 is 0 Å². The number of nitrogens with two attached hydrogens (primary N) is 1. The molecular weight excluding hydrogens is 206 g/mol. The molecule has 0 aliphatic heterocycles. The third kappa shape index (κ3) is 4.58. The maximum atomic E-state index is 5.87. The lowest BCUT2D eigenvalue weighted by atomic mass is 10.2. The molecule has 0 unspecified atom stereocenters. The molecule has 0 saturated heterocycles. The van der Waals surface area contributed by atoms with E-state index in [0.29, 0.717) is 6.10 Å². The van der Waals surface area contributed by atoms with Crippen molar-refractivity contribution in [1.82, 2.24) is 0 Å². The van der Waals surface area contributed by atoms with Gasteiger partial charge in [-0.3, -0.25) is 0 Å². The van der Waals surface area contributed by atoms with Crippen molar-refractivity contribution in [1.29, 1.82) is 0 Å². The van der Waals surface area contributed by atoms with Crippen LogP contribution in [0.2, 0.25) is 0 Å². The van der Waals surface area contributed by atoms with Gasteiger partial charge in [0.15, 0.2) is 0 Å². The molecule has 0 aliphatic rings.